The van der Waals surface area contributed by atoms with Crippen molar-refractivity contribution in [2.45, 2.75) is 24.4 Å². The highest BCUT2D eigenvalue weighted by Crippen LogP contribution is 2.28. The molecule has 0 aliphatic carbocycles. The van der Waals surface area contributed by atoms with Crippen molar-refractivity contribution in [1.29, 1.82) is 0 Å². The maximum absolute atomic E-state index is 11.2. The van der Waals surface area contributed by atoms with Crippen molar-refractivity contribution < 1.29 is 34.0 Å². The van der Waals surface area contributed by atoms with Gasteiger partial charge in [0.1, 0.15) is 18.3 Å². The van der Waals surface area contributed by atoms with Crippen molar-refractivity contribution >= 4 is 11.9 Å². The first-order chi connectivity index (χ1) is 8.08. The van der Waals surface area contributed by atoms with Gasteiger partial charge in [-0.3, -0.25) is 0 Å². The molecule has 7 heteroatoms. The Balaban J connectivity index is 1.88. The van der Waals surface area contributed by atoms with Crippen LogP contribution in [0.15, 0.2) is 12.2 Å². The van der Waals surface area contributed by atoms with Gasteiger partial charge in [0, 0.05) is 12.2 Å². The molecule has 2 aliphatic heterocycles. The summed E-state index contributed by atoms with van der Waals surface area (Å²) in [6.07, 6.45) is -0.758. The van der Waals surface area contributed by atoms with Crippen LogP contribution in [0.5, 0.6) is 0 Å². The van der Waals surface area contributed by atoms with Crippen molar-refractivity contribution in [3.63, 3.8) is 0 Å². The summed E-state index contributed by atoms with van der Waals surface area (Å²) >= 11 is 0. The number of fused-ring (bicyclic) bond motifs is 1. The van der Waals surface area contributed by atoms with Crippen LogP contribution in [-0.2, 0) is 23.8 Å². The van der Waals surface area contributed by atoms with Crippen LogP contribution in [0.4, 0.5) is 0 Å². The Morgan fingerprint density at radius 1 is 1.18 bits per heavy atom. The predicted octanol–water partition coefficient (Wildman–Crippen LogP) is -1.30. The standard InChI is InChI=1S/C10H12O7/c11-5-3-15-10-6(4-16-9(5)10)17-8(14)2-1-7(12)13/h1-2,5-6,9-11H,3-4H2,(H,12,13)/t5-,6+,9-,10-/m1/s1. The fraction of sp³-hybridized carbons (Fsp3) is 0.600. The largest absolute Gasteiger partial charge is 0.478 e. The van der Waals surface area contributed by atoms with Crippen LogP contribution < -0.4 is 0 Å². The second-order valence-electron chi connectivity index (χ2n) is 3.81. The van der Waals surface area contributed by atoms with E-state index in [-0.39, 0.29) is 13.2 Å². The van der Waals surface area contributed by atoms with Gasteiger partial charge in [0.25, 0.3) is 0 Å². The van der Waals surface area contributed by atoms with Crippen LogP contribution in [-0.4, -0.2) is 59.8 Å². The first-order valence-corrected chi connectivity index (χ1v) is 5.11. The lowest BCUT2D eigenvalue weighted by molar-refractivity contribution is -0.148. The number of esters is 1. The molecule has 2 N–H and O–H groups in total. The minimum atomic E-state index is -1.23. The normalized spacial score (nSPS) is 36.1. The Morgan fingerprint density at radius 2 is 1.88 bits per heavy atom. The van der Waals surface area contributed by atoms with Gasteiger partial charge in [0.05, 0.1) is 13.2 Å². The molecule has 0 aromatic carbocycles. The average molecular weight is 244 g/mol. The molecule has 0 unspecified atom stereocenters. The van der Waals surface area contributed by atoms with Crippen LogP contribution in [0.3, 0.4) is 0 Å². The van der Waals surface area contributed by atoms with Crippen LogP contribution in [0, 0.1) is 0 Å². The molecule has 2 aliphatic rings. The molecule has 0 saturated carbocycles. The van der Waals surface area contributed by atoms with E-state index in [1.165, 1.54) is 0 Å². The van der Waals surface area contributed by atoms with E-state index < -0.39 is 36.4 Å². The number of carbonyl (C=O) groups excluding carboxylic acids is 1. The Kier molecular flexibility index (Phi) is 3.41. The molecule has 0 amide bonds. The average Bonchev–Trinajstić information content (AvgIpc) is 2.81. The highest BCUT2D eigenvalue weighted by atomic mass is 16.6. The zero-order chi connectivity index (χ0) is 12.4. The molecule has 0 aromatic heterocycles. The van der Waals surface area contributed by atoms with E-state index in [9.17, 15) is 14.7 Å². The number of aliphatic hydroxyl groups is 1. The lowest BCUT2D eigenvalue weighted by Crippen LogP contribution is -2.33. The predicted molar refractivity (Wildman–Crippen MR) is 52.1 cm³/mol. The van der Waals surface area contributed by atoms with Crippen molar-refractivity contribution in [2.75, 3.05) is 13.2 Å². The summed E-state index contributed by atoms with van der Waals surface area (Å²) in [5.41, 5.74) is 0. The number of hydrogen-bond donors (Lipinski definition) is 2. The molecule has 94 valence electrons. The number of carboxylic acid groups (broad SMARTS) is 1. The van der Waals surface area contributed by atoms with Crippen LogP contribution in [0.1, 0.15) is 0 Å². The van der Waals surface area contributed by atoms with E-state index in [4.69, 9.17) is 19.3 Å². The lowest BCUT2D eigenvalue weighted by atomic mass is 10.1. The van der Waals surface area contributed by atoms with Gasteiger partial charge in [-0.05, 0) is 0 Å². The monoisotopic (exact) mass is 244 g/mol. The molecular formula is C10H12O7. The van der Waals surface area contributed by atoms with Gasteiger partial charge in [-0.15, -0.1) is 0 Å². The second-order valence-corrected chi connectivity index (χ2v) is 3.81. The first kappa shape index (κ1) is 12.0. The topological polar surface area (TPSA) is 102 Å². The summed E-state index contributed by atoms with van der Waals surface area (Å²) in [5.74, 6) is -2.00. The van der Waals surface area contributed by atoms with Gasteiger partial charge in [0.15, 0.2) is 6.10 Å². The minimum absolute atomic E-state index is 0.138. The van der Waals surface area contributed by atoms with Crippen molar-refractivity contribution in [3.8, 4) is 0 Å². The number of aliphatic carboxylic acids is 1. The zero-order valence-electron chi connectivity index (χ0n) is 8.81. The van der Waals surface area contributed by atoms with E-state index in [2.05, 4.69) is 0 Å². The van der Waals surface area contributed by atoms with Crippen molar-refractivity contribution in [1.82, 2.24) is 0 Å². The Bertz CT molecular complexity index is 351. The first-order valence-electron chi connectivity index (χ1n) is 5.11. The fourth-order valence-corrected chi connectivity index (χ4v) is 1.87. The van der Waals surface area contributed by atoms with Crippen molar-refractivity contribution in [3.05, 3.63) is 12.2 Å². The third-order valence-corrected chi connectivity index (χ3v) is 2.61. The third kappa shape index (κ3) is 2.63. The van der Waals surface area contributed by atoms with E-state index in [1.807, 2.05) is 0 Å². The Morgan fingerprint density at radius 3 is 2.59 bits per heavy atom. The molecule has 2 rings (SSSR count). The van der Waals surface area contributed by atoms with Gasteiger partial charge in [-0.25, -0.2) is 9.59 Å². The van der Waals surface area contributed by atoms with Gasteiger partial charge < -0.3 is 24.4 Å². The van der Waals surface area contributed by atoms with Crippen molar-refractivity contribution in [2.24, 2.45) is 0 Å². The molecule has 0 bridgehead atoms. The number of rotatable bonds is 3. The maximum atomic E-state index is 11.2. The molecule has 7 nitrogen and oxygen atoms in total. The molecule has 17 heavy (non-hydrogen) atoms. The number of aliphatic hydroxyl groups excluding tert-OH is 1. The Labute approximate surface area is 96.6 Å². The summed E-state index contributed by atoms with van der Waals surface area (Å²) in [6, 6.07) is 0. The van der Waals surface area contributed by atoms with E-state index in [0.29, 0.717) is 6.08 Å². The fourth-order valence-electron chi connectivity index (χ4n) is 1.87. The third-order valence-electron chi connectivity index (χ3n) is 2.61. The maximum Gasteiger partial charge on any atom is 0.331 e. The highest BCUT2D eigenvalue weighted by molar-refractivity contribution is 5.90. The number of carbonyl (C=O) groups is 2. The molecule has 2 heterocycles. The van der Waals surface area contributed by atoms with E-state index in [0.717, 1.165) is 6.08 Å². The molecule has 0 spiro atoms. The van der Waals surface area contributed by atoms with Crippen LogP contribution >= 0.6 is 0 Å². The molecular weight excluding hydrogens is 232 g/mol. The number of hydrogen-bond acceptors (Lipinski definition) is 6. The van der Waals surface area contributed by atoms with Crippen LogP contribution in [0.2, 0.25) is 0 Å². The van der Waals surface area contributed by atoms with Crippen LogP contribution in [0.25, 0.3) is 0 Å². The smallest absolute Gasteiger partial charge is 0.331 e. The zero-order valence-corrected chi connectivity index (χ0v) is 8.81. The molecule has 0 radical (unpaired) electrons. The molecule has 2 saturated heterocycles. The summed E-state index contributed by atoms with van der Waals surface area (Å²) < 4.78 is 15.4. The quantitative estimate of drug-likeness (QED) is 0.469. The summed E-state index contributed by atoms with van der Waals surface area (Å²) in [7, 11) is 0. The van der Waals surface area contributed by atoms with E-state index in [1.54, 1.807) is 0 Å². The summed E-state index contributed by atoms with van der Waals surface area (Å²) in [5, 5.41) is 17.8. The van der Waals surface area contributed by atoms with Gasteiger partial charge in [-0.2, -0.15) is 0 Å². The van der Waals surface area contributed by atoms with E-state index >= 15 is 0 Å². The van der Waals surface area contributed by atoms with Gasteiger partial charge in [0.2, 0.25) is 0 Å². The molecule has 0 aromatic rings. The Hall–Kier alpha value is -1.44. The second kappa shape index (κ2) is 4.82. The SMILES string of the molecule is O=C(O)C=CC(=O)O[C@H]1CO[C@H]2[C@@H]1OC[C@H]2O. The molecule has 2 fully saturated rings. The molecule has 4 atom stereocenters. The van der Waals surface area contributed by atoms with Gasteiger partial charge in [-0.1, -0.05) is 0 Å². The number of ether oxygens (including phenoxy) is 3. The minimum Gasteiger partial charge on any atom is -0.478 e. The lowest BCUT2D eigenvalue weighted by Gasteiger charge is -2.15. The number of carboxylic acids is 1. The van der Waals surface area contributed by atoms with Gasteiger partial charge >= 0.3 is 11.9 Å². The highest BCUT2D eigenvalue weighted by Gasteiger charge is 2.48. The summed E-state index contributed by atoms with van der Waals surface area (Å²) in [4.78, 5) is 21.4. The summed E-state index contributed by atoms with van der Waals surface area (Å²) in [6.45, 7) is 0.285.